The van der Waals surface area contributed by atoms with Crippen LogP contribution in [0.2, 0.25) is 0 Å². The molecule has 0 radical (unpaired) electrons. The number of phosphoric acid groups is 1. The third-order valence-electron chi connectivity index (χ3n) is 16.2. The zero-order valence-electron chi connectivity index (χ0n) is 53.2. The van der Waals surface area contributed by atoms with E-state index in [0.29, 0.717) is 17.4 Å². The van der Waals surface area contributed by atoms with Crippen molar-refractivity contribution in [1.82, 2.24) is 5.32 Å². The predicted molar refractivity (Wildman–Crippen MR) is 339 cm³/mol. The van der Waals surface area contributed by atoms with Crippen LogP contribution in [-0.4, -0.2) is 68.5 Å². The smallest absolute Gasteiger partial charge is 0.268 e. The molecule has 0 saturated heterocycles. The maximum atomic E-state index is 13.0. The van der Waals surface area contributed by atoms with Crippen molar-refractivity contribution < 1.29 is 32.9 Å². The Morgan fingerprint density at radius 1 is 0.436 bits per heavy atom. The molecule has 0 spiro atoms. The monoisotopic (exact) mass is 1120 g/mol. The van der Waals surface area contributed by atoms with E-state index in [1.165, 1.54) is 302 Å². The number of aliphatic hydroxyl groups is 1. The van der Waals surface area contributed by atoms with Crippen LogP contribution in [0.1, 0.15) is 361 Å². The summed E-state index contributed by atoms with van der Waals surface area (Å²) in [6, 6.07) is -0.885. The molecule has 3 unspecified atom stereocenters. The van der Waals surface area contributed by atoms with Crippen molar-refractivity contribution >= 4 is 13.7 Å². The first-order chi connectivity index (χ1) is 38.0. The molecular formula is C69H137N2O6P. The number of allylic oxidation sites excluding steroid dienone is 3. The van der Waals surface area contributed by atoms with Crippen molar-refractivity contribution in [2.45, 2.75) is 373 Å². The van der Waals surface area contributed by atoms with Crippen LogP contribution >= 0.6 is 7.82 Å². The Hall–Kier alpha value is -1.02. The van der Waals surface area contributed by atoms with Crippen molar-refractivity contribution in [2.24, 2.45) is 0 Å². The van der Waals surface area contributed by atoms with Crippen molar-refractivity contribution in [2.75, 3.05) is 40.9 Å². The summed E-state index contributed by atoms with van der Waals surface area (Å²) in [7, 11) is 1.28. The average molecular weight is 1120 g/mol. The van der Waals surface area contributed by atoms with Gasteiger partial charge < -0.3 is 28.8 Å². The fraction of sp³-hybridized carbons (Fsp3) is 0.928. The number of hydrogen-bond acceptors (Lipinski definition) is 6. The largest absolute Gasteiger partial charge is 0.756 e. The summed E-state index contributed by atoms with van der Waals surface area (Å²) in [4.78, 5) is 25.6. The number of nitrogens with one attached hydrogen (secondary N) is 1. The van der Waals surface area contributed by atoms with Gasteiger partial charge in [-0.2, -0.15) is 0 Å². The van der Waals surface area contributed by atoms with Gasteiger partial charge in [0.25, 0.3) is 7.82 Å². The van der Waals surface area contributed by atoms with E-state index in [1.54, 1.807) is 6.08 Å². The molecule has 0 rings (SSSR count). The van der Waals surface area contributed by atoms with Gasteiger partial charge in [0, 0.05) is 6.42 Å². The van der Waals surface area contributed by atoms with E-state index in [1.807, 2.05) is 27.2 Å². The van der Waals surface area contributed by atoms with Crippen LogP contribution in [0, 0.1) is 0 Å². The highest BCUT2D eigenvalue weighted by Gasteiger charge is 2.23. The van der Waals surface area contributed by atoms with Crippen LogP contribution in [0.25, 0.3) is 0 Å². The van der Waals surface area contributed by atoms with Gasteiger partial charge in [0.05, 0.1) is 39.9 Å². The molecule has 78 heavy (non-hydrogen) atoms. The zero-order chi connectivity index (χ0) is 57.0. The highest BCUT2D eigenvalue weighted by molar-refractivity contribution is 7.45. The molecule has 0 saturated carbocycles. The van der Waals surface area contributed by atoms with E-state index in [4.69, 9.17) is 9.05 Å². The van der Waals surface area contributed by atoms with E-state index in [-0.39, 0.29) is 19.1 Å². The van der Waals surface area contributed by atoms with E-state index >= 15 is 0 Å². The summed E-state index contributed by atoms with van der Waals surface area (Å²) in [6.45, 7) is 4.71. The lowest BCUT2D eigenvalue weighted by molar-refractivity contribution is -0.870. The maximum Gasteiger partial charge on any atom is 0.268 e. The fourth-order valence-corrected chi connectivity index (χ4v) is 11.5. The first kappa shape index (κ1) is 77.0. The molecule has 0 aromatic carbocycles. The predicted octanol–water partition coefficient (Wildman–Crippen LogP) is 21.3. The molecule has 0 aliphatic heterocycles. The van der Waals surface area contributed by atoms with Gasteiger partial charge in [0.1, 0.15) is 13.2 Å². The maximum absolute atomic E-state index is 13.0. The number of carbonyl (C=O) groups excluding carboxylic acids is 1. The van der Waals surface area contributed by atoms with Crippen molar-refractivity contribution in [3.8, 4) is 0 Å². The normalized spacial score (nSPS) is 13.8. The summed E-state index contributed by atoms with van der Waals surface area (Å²) in [5, 5.41) is 14.0. The second-order valence-electron chi connectivity index (χ2n) is 25.2. The third-order valence-corrected chi connectivity index (χ3v) is 17.1. The first-order valence-corrected chi connectivity index (χ1v) is 36.2. The van der Waals surface area contributed by atoms with Crippen LogP contribution in [0.3, 0.4) is 0 Å². The Bertz CT molecular complexity index is 1320. The number of nitrogens with zero attached hydrogens (tertiary/aromatic N) is 1. The number of rotatable bonds is 65. The standard InChI is InChI=1S/C69H137N2O6P/c1-6-8-10-12-14-16-18-20-22-24-26-28-30-32-33-34-35-36-37-39-41-43-45-47-49-51-53-55-57-59-61-63-69(73)70-67(66-77-78(74,75)76-65-64-71(3,4)5)68(72)62-60-58-56-54-52-50-48-46-44-42-40-38-31-29-27-25-23-21-19-17-15-13-11-9-7-2/h24,26,60,62,67-68,72H,6-23,25,27-59,61,63-66H2,1-5H3,(H-,70,73,74,75)/b26-24-,62-60+. The van der Waals surface area contributed by atoms with Gasteiger partial charge in [-0.05, 0) is 44.9 Å². The zero-order valence-corrected chi connectivity index (χ0v) is 54.0. The Morgan fingerprint density at radius 2 is 0.705 bits per heavy atom. The van der Waals surface area contributed by atoms with E-state index < -0.39 is 20.0 Å². The number of hydrogen-bond donors (Lipinski definition) is 2. The summed E-state index contributed by atoms with van der Waals surface area (Å²) < 4.78 is 23.5. The molecule has 0 fully saturated rings. The highest BCUT2D eigenvalue weighted by Crippen LogP contribution is 2.38. The second-order valence-corrected chi connectivity index (χ2v) is 26.7. The van der Waals surface area contributed by atoms with Gasteiger partial charge in [0.2, 0.25) is 5.91 Å². The highest BCUT2D eigenvalue weighted by atomic mass is 31.2. The van der Waals surface area contributed by atoms with Crippen LogP contribution in [0.4, 0.5) is 0 Å². The number of aliphatic hydroxyl groups excluding tert-OH is 1. The topological polar surface area (TPSA) is 108 Å². The van der Waals surface area contributed by atoms with Gasteiger partial charge in [-0.1, -0.05) is 334 Å². The number of unbranched alkanes of at least 4 members (excludes halogenated alkanes) is 50. The lowest BCUT2D eigenvalue weighted by Gasteiger charge is -2.29. The minimum Gasteiger partial charge on any atom is -0.756 e. The Kier molecular flexibility index (Phi) is 59.8. The molecule has 1 amide bonds. The number of amides is 1. The molecule has 0 aromatic heterocycles. The van der Waals surface area contributed by atoms with E-state index in [2.05, 4.69) is 31.3 Å². The summed E-state index contributed by atoms with van der Waals surface area (Å²) in [6.07, 6.45) is 78.7. The second kappa shape index (κ2) is 60.6. The number of quaternary nitrogens is 1. The quantitative estimate of drug-likeness (QED) is 0.0272. The van der Waals surface area contributed by atoms with Gasteiger partial charge in [-0.25, -0.2) is 0 Å². The molecule has 464 valence electrons. The van der Waals surface area contributed by atoms with Gasteiger partial charge >= 0.3 is 0 Å². The fourth-order valence-electron chi connectivity index (χ4n) is 10.7. The lowest BCUT2D eigenvalue weighted by Crippen LogP contribution is -2.45. The van der Waals surface area contributed by atoms with Gasteiger partial charge in [-0.15, -0.1) is 0 Å². The van der Waals surface area contributed by atoms with E-state index in [9.17, 15) is 19.4 Å². The first-order valence-electron chi connectivity index (χ1n) is 34.7. The lowest BCUT2D eigenvalue weighted by atomic mass is 10.0. The Balaban J connectivity index is 4.04. The van der Waals surface area contributed by atoms with Crippen molar-refractivity contribution in [3.05, 3.63) is 24.3 Å². The van der Waals surface area contributed by atoms with E-state index in [0.717, 1.165) is 38.5 Å². The molecule has 9 heteroatoms. The molecule has 0 aliphatic carbocycles. The molecule has 2 N–H and O–H groups in total. The number of carbonyl (C=O) groups is 1. The summed E-state index contributed by atoms with van der Waals surface area (Å²) >= 11 is 0. The molecule has 8 nitrogen and oxygen atoms in total. The van der Waals surface area contributed by atoms with Crippen LogP contribution in [0.5, 0.6) is 0 Å². The van der Waals surface area contributed by atoms with Crippen molar-refractivity contribution in [3.63, 3.8) is 0 Å². The molecule has 0 bridgehead atoms. The molecule has 3 atom stereocenters. The summed E-state index contributed by atoms with van der Waals surface area (Å²) in [5.41, 5.74) is 0. The van der Waals surface area contributed by atoms with Crippen molar-refractivity contribution in [1.29, 1.82) is 0 Å². The van der Waals surface area contributed by atoms with Crippen LogP contribution in [0.15, 0.2) is 24.3 Å². The SMILES string of the molecule is CCCCCCCCCC/C=C\CCCCCCCCCCCCCCCCCCCCCC(=O)NC(COP(=O)([O-])OCC[N+](C)(C)C)C(O)/C=C/CCCCCCCCCCCCCCCCCCCCCCCCC. The van der Waals surface area contributed by atoms with Gasteiger partial charge in [0.15, 0.2) is 0 Å². The minimum atomic E-state index is -4.60. The summed E-state index contributed by atoms with van der Waals surface area (Å²) in [5.74, 6) is -0.189. The average Bonchev–Trinajstić information content (AvgIpc) is 3.41. The number of phosphoric ester groups is 1. The number of likely N-dealkylation sites (N-methyl/N-ethyl adjacent to an activating group) is 1. The molecule has 0 aromatic rings. The molecule has 0 heterocycles. The van der Waals surface area contributed by atoms with Gasteiger partial charge in [-0.3, -0.25) is 9.36 Å². The third kappa shape index (κ3) is 62.6. The Morgan fingerprint density at radius 3 is 1.00 bits per heavy atom. The molecular weight excluding hydrogens is 984 g/mol. The Labute approximate surface area is 487 Å². The minimum absolute atomic E-state index is 0.00192. The molecule has 0 aliphatic rings. The van der Waals surface area contributed by atoms with Crippen LogP contribution < -0.4 is 10.2 Å². The van der Waals surface area contributed by atoms with Crippen LogP contribution in [-0.2, 0) is 18.4 Å².